The molecule has 1 aromatic heterocycles. The van der Waals surface area contributed by atoms with Crippen molar-refractivity contribution in [3.8, 4) is 5.75 Å². The van der Waals surface area contributed by atoms with Crippen molar-refractivity contribution in [3.05, 3.63) is 57.6 Å². The zero-order valence-electron chi connectivity index (χ0n) is 12.6. The molecule has 0 amide bonds. The lowest BCUT2D eigenvalue weighted by atomic mass is 10.1. The molecule has 2 rings (SSSR count). The molecule has 6 heteroatoms. The van der Waals surface area contributed by atoms with Gasteiger partial charge in [0.25, 0.3) is 0 Å². The lowest BCUT2D eigenvalue weighted by Crippen LogP contribution is -2.23. The molecule has 1 unspecified atom stereocenters. The summed E-state index contributed by atoms with van der Waals surface area (Å²) in [4.78, 5) is 23.9. The summed E-state index contributed by atoms with van der Waals surface area (Å²) < 4.78 is 16.1. The molecule has 0 saturated heterocycles. The quantitative estimate of drug-likeness (QED) is 0.305. The Hall–Kier alpha value is -2.09. The van der Waals surface area contributed by atoms with Gasteiger partial charge in [-0.15, -0.1) is 0 Å². The highest BCUT2D eigenvalue weighted by Gasteiger charge is 2.18. The number of ketones is 1. The van der Waals surface area contributed by atoms with E-state index in [0.29, 0.717) is 17.1 Å². The first kappa shape index (κ1) is 17.3. The second-order valence-electron chi connectivity index (χ2n) is 4.65. The van der Waals surface area contributed by atoms with Gasteiger partial charge in [0.2, 0.25) is 5.78 Å². The largest absolute Gasteiger partial charge is 0.497 e. The number of benzene rings is 1. The minimum absolute atomic E-state index is 0.276. The Morgan fingerprint density at radius 1 is 1.17 bits per heavy atom. The first-order valence-corrected chi connectivity index (χ1v) is 7.90. The maximum atomic E-state index is 12.2. The Labute approximate surface area is 147 Å². The molecule has 0 N–H and O–H groups in total. The first-order chi connectivity index (χ1) is 11.0. The lowest BCUT2D eigenvalue weighted by Gasteiger charge is -2.11. The number of esters is 1. The summed E-state index contributed by atoms with van der Waals surface area (Å²) in [6, 6.07) is 10.1. The van der Waals surface area contributed by atoms with Gasteiger partial charge in [0, 0.05) is 11.6 Å². The number of ether oxygens (including phenoxy) is 2. The summed E-state index contributed by atoms with van der Waals surface area (Å²) in [6.07, 6.45) is 1.85. The van der Waals surface area contributed by atoms with Gasteiger partial charge in [-0.2, -0.15) is 0 Å². The van der Waals surface area contributed by atoms with E-state index >= 15 is 0 Å². The standard InChI is InChI=1S/C17H15IO5/c1-11(17(20)12-3-5-13(21-2)6-4-12)22-16(19)10-8-14-7-9-15(18)23-14/h3-11H,1-2H3/b10-8+. The predicted octanol–water partition coefficient (Wildman–Crippen LogP) is 3.72. The first-order valence-electron chi connectivity index (χ1n) is 6.82. The number of carbonyl (C=O) groups excluding carboxylic acids is 2. The Bertz CT molecular complexity index is 715. The maximum Gasteiger partial charge on any atom is 0.331 e. The molecular formula is C17H15IO5. The van der Waals surface area contributed by atoms with Crippen LogP contribution in [0, 0.1) is 3.77 Å². The van der Waals surface area contributed by atoms with Gasteiger partial charge in [-0.25, -0.2) is 4.79 Å². The zero-order chi connectivity index (χ0) is 16.8. The summed E-state index contributed by atoms with van der Waals surface area (Å²) in [5.41, 5.74) is 0.454. The molecule has 120 valence electrons. The SMILES string of the molecule is COc1ccc(C(=O)C(C)OC(=O)/C=C/c2ccc(I)o2)cc1. The third-order valence-electron chi connectivity index (χ3n) is 3.01. The summed E-state index contributed by atoms with van der Waals surface area (Å²) in [6.45, 7) is 1.54. The fourth-order valence-electron chi connectivity index (χ4n) is 1.83. The van der Waals surface area contributed by atoms with Crippen molar-refractivity contribution in [1.82, 2.24) is 0 Å². The van der Waals surface area contributed by atoms with Crippen molar-refractivity contribution in [2.75, 3.05) is 7.11 Å². The van der Waals surface area contributed by atoms with E-state index in [1.807, 2.05) is 22.6 Å². The maximum absolute atomic E-state index is 12.2. The van der Waals surface area contributed by atoms with E-state index in [1.54, 1.807) is 43.5 Å². The highest BCUT2D eigenvalue weighted by atomic mass is 127. The van der Waals surface area contributed by atoms with Gasteiger partial charge in [-0.05, 0) is 72.0 Å². The van der Waals surface area contributed by atoms with E-state index in [-0.39, 0.29) is 5.78 Å². The number of rotatable bonds is 6. The second-order valence-corrected chi connectivity index (χ2v) is 5.71. The van der Waals surface area contributed by atoms with Crippen molar-refractivity contribution in [2.24, 2.45) is 0 Å². The van der Waals surface area contributed by atoms with Gasteiger partial charge in [-0.3, -0.25) is 4.79 Å². The Kier molecular flexibility index (Phi) is 5.97. The van der Waals surface area contributed by atoms with Gasteiger partial charge >= 0.3 is 5.97 Å². The number of furan rings is 1. The molecule has 1 aromatic carbocycles. The Morgan fingerprint density at radius 2 is 1.87 bits per heavy atom. The molecule has 23 heavy (non-hydrogen) atoms. The van der Waals surface area contributed by atoms with Crippen LogP contribution in [0.2, 0.25) is 0 Å². The van der Waals surface area contributed by atoms with Gasteiger partial charge in [0.1, 0.15) is 11.5 Å². The molecule has 0 spiro atoms. The lowest BCUT2D eigenvalue weighted by molar-refractivity contribution is -0.140. The topological polar surface area (TPSA) is 65.7 Å². The van der Waals surface area contributed by atoms with Gasteiger partial charge in [0.05, 0.1) is 7.11 Å². The molecule has 5 nitrogen and oxygen atoms in total. The van der Waals surface area contributed by atoms with E-state index in [2.05, 4.69) is 0 Å². The van der Waals surface area contributed by atoms with Gasteiger partial charge in [0.15, 0.2) is 9.87 Å². The van der Waals surface area contributed by atoms with Crippen LogP contribution in [0.15, 0.2) is 46.9 Å². The monoisotopic (exact) mass is 426 g/mol. The molecule has 1 heterocycles. The molecular weight excluding hydrogens is 411 g/mol. The molecule has 1 atom stereocenters. The summed E-state index contributed by atoms with van der Waals surface area (Å²) in [5.74, 6) is 0.315. The molecule has 0 radical (unpaired) electrons. The minimum Gasteiger partial charge on any atom is -0.497 e. The summed E-state index contributed by atoms with van der Waals surface area (Å²) in [5, 5.41) is 0. The molecule has 2 aromatic rings. The van der Waals surface area contributed by atoms with Crippen molar-refractivity contribution >= 4 is 40.4 Å². The van der Waals surface area contributed by atoms with Gasteiger partial charge in [-0.1, -0.05) is 0 Å². The number of halogens is 1. The Balaban J connectivity index is 1.94. The number of carbonyl (C=O) groups is 2. The van der Waals surface area contributed by atoms with E-state index in [0.717, 1.165) is 3.77 Å². The highest BCUT2D eigenvalue weighted by molar-refractivity contribution is 14.1. The number of hydrogen-bond acceptors (Lipinski definition) is 5. The van der Waals surface area contributed by atoms with Crippen molar-refractivity contribution in [3.63, 3.8) is 0 Å². The van der Waals surface area contributed by atoms with E-state index in [1.165, 1.54) is 19.1 Å². The van der Waals surface area contributed by atoms with E-state index in [4.69, 9.17) is 13.9 Å². The number of hydrogen-bond donors (Lipinski definition) is 0. The molecule has 0 aliphatic heterocycles. The van der Waals surface area contributed by atoms with Crippen molar-refractivity contribution in [1.29, 1.82) is 0 Å². The smallest absolute Gasteiger partial charge is 0.331 e. The van der Waals surface area contributed by atoms with Crippen LogP contribution in [0.5, 0.6) is 5.75 Å². The average Bonchev–Trinajstić information content (AvgIpc) is 2.97. The predicted molar refractivity (Wildman–Crippen MR) is 93.3 cm³/mol. The Morgan fingerprint density at radius 3 is 2.43 bits per heavy atom. The fourth-order valence-corrected chi connectivity index (χ4v) is 2.26. The van der Waals surface area contributed by atoms with Crippen molar-refractivity contribution in [2.45, 2.75) is 13.0 Å². The van der Waals surface area contributed by atoms with Crippen LogP contribution in [0.25, 0.3) is 6.08 Å². The molecule has 0 fully saturated rings. The minimum atomic E-state index is -0.878. The molecule has 0 bridgehead atoms. The van der Waals surface area contributed by atoms with Crippen molar-refractivity contribution < 1.29 is 23.5 Å². The van der Waals surface area contributed by atoms with Crippen LogP contribution in [0.4, 0.5) is 0 Å². The van der Waals surface area contributed by atoms with Gasteiger partial charge < -0.3 is 13.9 Å². The third-order valence-corrected chi connectivity index (χ3v) is 3.59. The van der Waals surface area contributed by atoms with Crippen LogP contribution in [-0.2, 0) is 9.53 Å². The zero-order valence-corrected chi connectivity index (χ0v) is 14.8. The second kappa shape index (κ2) is 7.96. The summed E-state index contributed by atoms with van der Waals surface area (Å²) >= 11 is 2.03. The number of methoxy groups -OCH3 is 1. The van der Waals surface area contributed by atoms with Crippen LogP contribution >= 0.6 is 22.6 Å². The van der Waals surface area contributed by atoms with E-state index in [9.17, 15) is 9.59 Å². The van der Waals surface area contributed by atoms with Crippen LogP contribution in [0.1, 0.15) is 23.0 Å². The third kappa shape index (κ3) is 4.95. The van der Waals surface area contributed by atoms with E-state index < -0.39 is 12.1 Å². The normalized spacial score (nSPS) is 12.1. The average molecular weight is 426 g/mol. The number of Topliss-reactive ketones (excluding diaryl/α,β-unsaturated/α-hetero) is 1. The molecule has 0 saturated carbocycles. The fraction of sp³-hybridized carbons (Fsp3) is 0.176. The summed E-state index contributed by atoms with van der Waals surface area (Å²) in [7, 11) is 1.55. The van der Waals surface area contributed by atoms with Crippen LogP contribution < -0.4 is 4.74 Å². The van der Waals surface area contributed by atoms with Crippen LogP contribution in [-0.4, -0.2) is 25.0 Å². The molecule has 0 aliphatic carbocycles. The van der Waals surface area contributed by atoms with Crippen LogP contribution in [0.3, 0.4) is 0 Å². The highest BCUT2D eigenvalue weighted by Crippen LogP contribution is 2.14. The molecule has 0 aliphatic rings.